The third kappa shape index (κ3) is 5.55. The second-order valence-corrected chi connectivity index (χ2v) is 8.52. The molecule has 0 spiro atoms. The average Bonchev–Trinajstić information content (AvgIpc) is 2.70. The third-order valence-electron chi connectivity index (χ3n) is 3.98. The van der Waals surface area contributed by atoms with E-state index in [1.165, 1.54) is 52.1 Å². The molecular weight excluding hydrogens is 416 g/mol. The van der Waals surface area contributed by atoms with E-state index in [1.54, 1.807) is 18.2 Å². The summed E-state index contributed by atoms with van der Waals surface area (Å²) in [4.78, 5) is 12.2. The minimum absolute atomic E-state index is 0.0127. The average molecular weight is 441 g/mol. The van der Waals surface area contributed by atoms with Crippen LogP contribution in [0.3, 0.4) is 0 Å². The number of amides is 1. The van der Waals surface area contributed by atoms with Gasteiger partial charge in [0.05, 0.1) is 31.9 Å². The first kappa shape index (κ1) is 22.9. The fraction of sp³-hybridized carbons (Fsp3) is 0.316. The Balaban J connectivity index is 2.29. The zero-order chi connectivity index (χ0) is 21.6. The number of carbonyl (C=O) groups is 1. The number of anilines is 1. The molecule has 2 N–H and O–H groups in total. The molecule has 0 fully saturated rings. The van der Waals surface area contributed by atoms with Crippen LogP contribution in [-0.4, -0.2) is 41.9 Å². The zero-order valence-corrected chi connectivity index (χ0v) is 18.5. The molecular formula is C19H24N2O6S2. The quantitative estimate of drug-likeness (QED) is 0.578. The summed E-state index contributed by atoms with van der Waals surface area (Å²) in [6.07, 6.45) is 1.84. The smallest absolute Gasteiger partial charge is 0.240 e. The van der Waals surface area contributed by atoms with Crippen LogP contribution in [0.4, 0.5) is 5.69 Å². The molecule has 158 valence electrons. The van der Waals surface area contributed by atoms with Crippen LogP contribution in [0, 0.1) is 0 Å². The standard InChI is InChI=1S/C19H24N2O6S2/c1-12(22)21-15-10-14(6-7-18(15)28-5)29(23,24)20-11-13-8-16(25-2)19(27-4)17(9-13)26-3/h6-10,20H,11H2,1-5H3,(H,21,22). The number of ether oxygens (including phenoxy) is 3. The predicted octanol–water partition coefficient (Wildman–Crippen LogP) is 2.87. The molecule has 2 rings (SSSR count). The van der Waals surface area contributed by atoms with E-state index in [1.807, 2.05) is 6.26 Å². The summed E-state index contributed by atoms with van der Waals surface area (Å²) in [7, 11) is 0.650. The maximum Gasteiger partial charge on any atom is 0.240 e. The molecule has 1 amide bonds. The second-order valence-electron chi connectivity index (χ2n) is 5.90. The van der Waals surface area contributed by atoms with Crippen molar-refractivity contribution >= 4 is 33.4 Å². The molecule has 0 aliphatic heterocycles. The van der Waals surface area contributed by atoms with Gasteiger partial charge < -0.3 is 19.5 Å². The van der Waals surface area contributed by atoms with Crippen molar-refractivity contribution in [3.8, 4) is 17.2 Å². The van der Waals surface area contributed by atoms with Gasteiger partial charge in [-0.2, -0.15) is 0 Å². The van der Waals surface area contributed by atoms with Crippen LogP contribution >= 0.6 is 11.8 Å². The van der Waals surface area contributed by atoms with E-state index < -0.39 is 10.0 Å². The monoisotopic (exact) mass is 440 g/mol. The van der Waals surface area contributed by atoms with Crippen molar-refractivity contribution in [2.45, 2.75) is 23.3 Å². The van der Waals surface area contributed by atoms with Gasteiger partial charge in [0.2, 0.25) is 21.7 Å². The lowest BCUT2D eigenvalue weighted by atomic mass is 10.2. The van der Waals surface area contributed by atoms with Crippen molar-refractivity contribution in [3.63, 3.8) is 0 Å². The first-order valence-electron chi connectivity index (χ1n) is 8.50. The first-order valence-corrected chi connectivity index (χ1v) is 11.2. The lowest BCUT2D eigenvalue weighted by Crippen LogP contribution is -2.23. The molecule has 0 saturated heterocycles. The van der Waals surface area contributed by atoms with Gasteiger partial charge in [-0.3, -0.25) is 4.79 Å². The van der Waals surface area contributed by atoms with Crippen molar-refractivity contribution in [2.24, 2.45) is 0 Å². The normalized spacial score (nSPS) is 11.1. The highest BCUT2D eigenvalue weighted by Gasteiger charge is 2.18. The van der Waals surface area contributed by atoms with Gasteiger partial charge in [-0.15, -0.1) is 11.8 Å². The number of thioether (sulfide) groups is 1. The zero-order valence-electron chi connectivity index (χ0n) is 16.9. The summed E-state index contributed by atoms with van der Waals surface area (Å²) in [5.74, 6) is 1.01. The Morgan fingerprint density at radius 2 is 1.66 bits per heavy atom. The van der Waals surface area contributed by atoms with Crippen molar-refractivity contribution in [2.75, 3.05) is 32.9 Å². The largest absolute Gasteiger partial charge is 0.493 e. The molecule has 0 atom stereocenters. The molecule has 0 aliphatic rings. The minimum atomic E-state index is -3.82. The Labute approximate surface area is 175 Å². The lowest BCUT2D eigenvalue weighted by Gasteiger charge is -2.15. The Kier molecular flexibility index (Phi) is 7.77. The number of benzene rings is 2. The lowest BCUT2D eigenvalue weighted by molar-refractivity contribution is -0.114. The van der Waals surface area contributed by atoms with Crippen LogP contribution in [0.25, 0.3) is 0 Å². The highest BCUT2D eigenvalue weighted by Crippen LogP contribution is 2.38. The van der Waals surface area contributed by atoms with E-state index in [-0.39, 0.29) is 17.3 Å². The van der Waals surface area contributed by atoms with Crippen molar-refractivity contribution in [1.29, 1.82) is 0 Å². The van der Waals surface area contributed by atoms with Crippen LogP contribution in [0.5, 0.6) is 17.2 Å². The first-order chi connectivity index (χ1) is 13.7. The third-order valence-corrected chi connectivity index (χ3v) is 6.18. The Morgan fingerprint density at radius 1 is 1.03 bits per heavy atom. The number of nitrogens with one attached hydrogen (secondary N) is 2. The second kappa shape index (κ2) is 9.86. The molecule has 0 saturated carbocycles. The molecule has 2 aromatic carbocycles. The Morgan fingerprint density at radius 3 is 2.14 bits per heavy atom. The van der Waals surface area contributed by atoms with Gasteiger partial charge in [0.15, 0.2) is 11.5 Å². The van der Waals surface area contributed by atoms with E-state index in [0.29, 0.717) is 28.5 Å². The van der Waals surface area contributed by atoms with Gasteiger partial charge in [-0.1, -0.05) is 0 Å². The highest BCUT2D eigenvalue weighted by atomic mass is 32.2. The van der Waals surface area contributed by atoms with Crippen LogP contribution in [0.1, 0.15) is 12.5 Å². The predicted molar refractivity (Wildman–Crippen MR) is 113 cm³/mol. The van der Waals surface area contributed by atoms with E-state index in [0.717, 1.165) is 4.90 Å². The van der Waals surface area contributed by atoms with Gasteiger partial charge >= 0.3 is 0 Å². The summed E-state index contributed by atoms with van der Waals surface area (Å²) in [5.41, 5.74) is 1.08. The van der Waals surface area contributed by atoms with Crippen molar-refractivity contribution < 1.29 is 27.4 Å². The van der Waals surface area contributed by atoms with Crippen LogP contribution in [0.2, 0.25) is 0 Å². The van der Waals surface area contributed by atoms with Crippen LogP contribution in [-0.2, 0) is 21.4 Å². The maximum atomic E-state index is 12.8. The molecule has 2 aromatic rings. The van der Waals surface area contributed by atoms with E-state index in [4.69, 9.17) is 14.2 Å². The molecule has 10 heteroatoms. The van der Waals surface area contributed by atoms with E-state index in [9.17, 15) is 13.2 Å². The summed E-state index contributed by atoms with van der Waals surface area (Å²) < 4.78 is 43.9. The van der Waals surface area contributed by atoms with Crippen LogP contribution < -0.4 is 24.2 Å². The molecule has 0 radical (unpaired) electrons. The molecule has 8 nitrogen and oxygen atoms in total. The van der Waals surface area contributed by atoms with E-state index >= 15 is 0 Å². The molecule has 0 unspecified atom stereocenters. The minimum Gasteiger partial charge on any atom is -0.493 e. The van der Waals surface area contributed by atoms with Crippen molar-refractivity contribution in [1.82, 2.24) is 4.72 Å². The van der Waals surface area contributed by atoms with Gasteiger partial charge in [0, 0.05) is 18.4 Å². The van der Waals surface area contributed by atoms with Crippen LogP contribution in [0.15, 0.2) is 40.1 Å². The molecule has 0 bridgehead atoms. The number of hydrogen-bond donors (Lipinski definition) is 2. The van der Waals surface area contributed by atoms with Gasteiger partial charge in [-0.25, -0.2) is 13.1 Å². The van der Waals surface area contributed by atoms with E-state index in [2.05, 4.69) is 10.0 Å². The summed E-state index contributed by atoms with van der Waals surface area (Å²) in [5, 5.41) is 2.65. The molecule has 0 aromatic heterocycles. The fourth-order valence-corrected chi connectivity index (χ4v) is 4.22. The number of sulfonamides is 1. The van der Waals surface area contributed by atoms with Gasteiger partial charge in [-0.05, 0) is 42.2 Å². The highest BCUT2D eigenvalue weighted by molar-refractivity contribution is 7.98. The molecule has 29 heavy (non-hydrogen) atoms. The Bertz CT molecular complexity index is 967. The Hall–Kier alpha value is -2.43. The molecule has 0 aliphatic carbocycles. The SMILES string of the molecule is COc1cc(CNS(=O)(=O)c2ccc(SC)c(NC(C)=O)c2)cc(OC)c1OC. The number of hydrogen-bond acceptors (Lipinski definition) is 7. The number of carbonyl (C=O) groups excluding carboxylic acids is 1. The summed E-state index contributed by atoms with van der Waals surface area (Å²) in [6, 6.07) is 7.93. The molecule has 0 heterocycles. The van der Waals surface area contributed by atoms with Gasteiger partial charge in [0.25, 0.3) is 0 Å². The topological polar surface area (TPSA) is 103 Å². The number of rotatable bonds is 9. The summed E-state index contributed by atoms with van der Waals surface area (Å²) in [6.45, 7) is 1.38. The summed E-state index contributed by atoms with van der Waals surface area (Å²) >= 11 is 1.41. The van der Waals surface area contributed by atoms with Gasteiger partial charge in [0.1, 0.15) is 0 Å². The fourth-order valence-electron chi connectivity index (χ4n) is 2.64. The number of methoxy groups -OCH3 is 3. The van der Waals surface area contributed by atoms with Crippen molar-refractivity contribution in [3.05, 3.63) is 35.9 Å². The maximum absolute atomic E-state index is 12.8.